The minimum absolute atomic E-state index is 0.0228. The van der Waals surface area contributed by atoms with E-state index in [9.17, 15) is 4.79 Å². The molecule has 1 aromatic heterocycles. The highest BCUT2D eigenvalue weighted by Crippen LogP contribution is 2.28. The molecule has 1 fully saturated rings. The zero-order valence-electron chi connectivity index (χ0n) is 12.4. The van der Waals surface area contributed by atoms with Crippen molar-refractivity contribution in [2.45, 2.75) is 45.6 Å². The molecule has 0 saturated heterocycles. The van der Waals surface area contributed by atoms with Gasteiger partial charge >= 0.3 is 0 Å². The van der Waals surface area contributed by atoms with Gasteiger partial charge in [-0.2, -0.15) is 0 Å². The standard InChI is InChI=1S/C15H24N4O/c1-3-19(14-7-5-4-6-12(14)8-16)15(20)13-10-17-11(2)9-18-13/h9-10,12,14H,3-8,16H2,1-2H3. The van der Waals surface area contributed by atoms with Crippen molar-refractivity contribution in [3.63, 3.8) is 0 Å². The van der Waals surface area contributed by atoms with Crippen LogP contribution in [0, 0.1) is 12.8 Å². The van der Waals surface area contributed by atoms with Gasteiger partial charge < -0.3 is 10.6 Å². The van der Waals surface area contributed by atoms with E-state index in [0.29, 0.717) is 24.7 Å². The van der Waals surface area contributed by atoms with Gasteiger partial charge in [0.05, 0.1) is 11.9 Å². The lowest BCUT2D eigenvalue weighted by Gasteiger charge is -2.39. The number of amides is 1. The summed E-state index contributed by atoms with van der Waals surface area (Å²) in [6, 6.07) is 0.245. The van der Waals surface area contributed by atoms with Gasteiger partial charge in [-0.05, 0) is 39.2 Å². The van der Waals surface area contributed by atoms with Crippen molar-refractivity contribution in [3.8, 4) is 0 Å². The lowest BCUT2D eigenvalue weighted by molar-refractivity contribution is 0.0553. The smallest absolute Gasteiger partial charge is 0.274 e. The predicted octanol–water partition coefficient (Wildman–Crippen LogP) is 1.76. The summed E-state index contributed by atoms with van der Waals surface area (Å²) >= 11 is 0. The molecule has 0 aromatic carbocycles. The summed E-state index contributed by atoms with van der Waals surface area (Å²) in [6.45, 7) is 5.22. The summed E-state index contributed by atoms with van der Waals surface area (Å²) in [7, 11) is 0. The molecule has 2 rings (SSSR count). The molecule has 1 aromatic rings. The number of hydrogen-bond donors (Lipinski definition) is 1. The molecule has 2 atom stereocenters. The molecular weight excluding hydrogens is 252 g/mol. The van der Waals surface area contributed by atoms with Gasteiger partial charge in [-0.1, -0.05) is 12.8 Å². The number of hydrogen-bond acceptors (Lipinski definition) is 4. The Hall–Kier alpha value is -1.49. The van der Waals surface area contributed by atoms with Crippen molar-refractivity contribution in [1.29, 1.82) is 0 Å². The number of nitrogens with two attached hydrogens (primary N) is 1. The summed E-state index contributed by atoms with van der Waals surface area (Å²) in [5.41, 5.74) is 7.13. The highest BCUT2D eigenvalue weighted by molar-refractivity contribution is 5.92. The maximum atomic E-state index is 12.6. The van der Waals surface area contributed by atoms with Crippen molar-refractivity contribution in [2.75, 3.05) is 13.1 Å². The Labute approximate surface area is 120 Å². The van der Waals surface area contributed by atoms with Crippen LogP contribution in [0.2, 0.25) is 0 Å². The van der Waals surface area contributed by atoms with E-state index in [1.54, 1.807) is 12.4 Å². The Kier molecular flexibility index (Phi) is 5.06. The van der Waals surface area contributed by atoms with Crippen LogP contribution in [0.3, 0.4) is 0 Å². The van der Waals surface area contributed by atoms with E-state index >= 15 is 0 Å². The average Bonchev–Trinajstić information content (AvgIpc) is 2.49. The number of carbonyl (C=O) groups excluding carboxylic acids is 1. The van der Waals surface area contributed by atoms with Crippen LogP contribution in [0.15, 0.2) is 12.4 Å². The van der Waals surface area contributed by atoms with Crippen LogP contribution in [0.5, 0.6) is 0 Å². The lowest BCUT2D eigenvalue weighted by atomic mass is 9.83. The second-order valence-corrected chi connectivity index (χ2v) is 5.48. The molecule has 1 amide bonds. The van der Waals surface area contributed by atoms with Crippen LogP contribution >= 0.6 is 0 Å². The van der Waals surface area contributed by atoms with Crippen LogP contribution < -0.4 is 5.73 Å². The summed E-state index contributed by atoms with van der Waals surface area (Å²) in [4.78, 5) is 22.9. The topological polar surface area (TPSA) is 72.1 Å². The Balaban J connectivity index is 2.17. The number of rotatable bonds is 4. The minimum atomic E-state index is -0.0228. The van der Waals surface area contributed by atoms with Crippen molar-refractivity contribution in [2.24, 2.45) is 11.7 Å². The number of carbonyl (C=O) groups is 1. The summed E-state index contributed by atoms with van der Waals surface area (Å²) in [5.74, 6) is 0.386. The zero-order valence-corrected chi connectivity index (χ0v) is 12.4. The van der Waals surface area contributed by atoms with Crippen LogP contribution in [0.1, 0.15) is 48.8 Å². The molecule has 5 heteroatoms. The SMILES string of the molecule is CCN(C(=O)c1cnc(C)cn1)C1CCCCC1CN. The van der Waals surface area contributed by atoms with Crippen molar-refractivity contribution in [3.05, 3.63) is 23.8 Å². The maximum Gasteiger partial charge on any atom is 0.274 e. The first-order chi connectivity index (χ1) is 9.67. The molecule has 0 bridgehead atoms. The number of nitrogens with zero attached hydrogens (tertiary/aromatic N) is 3. The molecule has 0 radical (unpaired) electrons. The van der Waals surface area contributed by atoms with Gasteiger partial charge in [0, 0.05) is 18.8 Å². The normalized spacial score (nSPS) is 22.6. The van der Waals surface area contributed by atoms with Crippen LogP contribution in [0.4, 0.5) is 0 Å². The van der Waals surface area contributed by atoms with Crippen LogP contribution in [0.25, 0.3) is 0 Å². The van der Waals surface area contributed by atoms with Gasteiger partial charge in [-0.15, -0.1) is 0 Å². The number of aromatic nitrogens is 2. The molecular formula is C15H24N4O. The molecule has 0 aliphatic heterocycles. The van der Waals surface area contributed by atoms with Crippen molar-refractivity contribution >= 4 is 5.91 Å². The van der Waals surface area contributed by atoms with Gasteiger partial charge in [0.2, 0.25) is 0 Å². The molecule has 0 spiro atoms. The lowest BCUT2D eigenvalue weighted by Crippen LogP contribution is -2.48. The minimum Gasteiger partial charge on any atom is -0.334 e. The third-order valence-electron chi connectivity index (χ3n) is 4.17. The Morgan fingerprint density at radius 3 is 2.70 bits per heavy atom. The summed E-state index contributed by atoms with van der Waals surface area (Å²) < 4.78 is 0. The second kappa shape index (κ2) is 6.79. The summed E-state index contributed by atoms with van der Waals surface area (Å²) in [6.07, 6.45) is 7.76. The van der Waals surface area contributed by atoms with E-state index in [4.69, 9.17) is 5.73 Å². The Bertz CT molecular complexity index is 446. The zero-order chi connectivity index (χ0) is 14.5. The fourth-order valence-corrected chi connectivity index (χ4v) is 3.05. The maximum absolute atomic E-state index is 12.6. The van der Waals surface area contributed by atoms with Crippen molar-refractivity contribution < 1.29 is 4.79 Å². The second-order valence-electron chi connectivity index (χ2n) is 5.48. The molecule has 5 nitrogen and oxygen atoms in total. The number of aryl methyl sites for hydroxylation is 1. The van der Waals surface area contributed by atoms with Gasteiger partial charge in [-0.3, -0.25) is 9.78 Å². The average molecular weight is 276 g/mol. The Morgan fingerprint density at radius 1 is 1.35 bits per heavy atom. The molecule has 20 heavy (non-hydrogen) atoms. The first kappa shape index (κ1) is 14.9. The Morgan fingerprint density at radius 2 is 2.10 bits per heavy atom. The van der Waals surface area contributed by atoms with Gasteiger partial charge in [0.15, 0.2) is 0 Å². The molecule has 1 aliphatic carbocycles. The van der Waals surface area contributed by atoms with E-state index in [1.165, 1.54) is 12.8 Å². The highest BCUT2D eigenvalue weighted by atomic mass is 16.2. The molecule has 1 saturated carbocycles. The quantitative estimate of drug-likeness (QED) is 0.909. The first-order valence-electron chi connectivity index (χ1n) is 7.47. The van der Waals surface area contributed by atoms with E-state index in [0.717, 1.165) is 18.5 Å². The van der Waals surface area contributed by atoms with Gasteiger partial charge in [0.1, 0.15) is 5.69 Å². The molecule has 1 heterocycles. The van der Waals surface area contributed by atoms with E-state index < -0.39 is 0 Å². The van der Waals surface area contributed by atoms with Crippen LogP contribution in [-0.4, -0.2) is 39.9 Å². The largest absolute Gasteiger partial charge is 0.334 e. The van der Waals surface area contributed by atoms with Gasteiger partial charge in [-0.25, -0.2) is 4.98 Å². The fraction of sp³-hybridized carbons (Fsp3) is 0.667. The molecule has 2 N–H and O–H groups in total. The highest BCUT2D eigenvalue weighted by Gasteiger charge is 2.32. The first-order valence-corrected chi connectivity index (χ1v) is 7.47. The molecule has 2 unspecified atom stereocenters. The molecule has 1 aliphatic rings. The van der Waals surface area contributed by atoms with Gasteiger partial charge in [0.25, 0.3) is 5.91 Å². The fourth-order valence-electron chi connectivity index (χ4n) is 3.05. The monoisotopic (exact) mass is 276 g/mol. The van der Waals surface area contributed by atoms with Crippen LogP contribution in [-0.2, 0) is 0 Å². The third-order valence-corrected chi connectivity index (χ3v) is 4.17. The molecule has 110 valence electrons. The van der Waals surface area contributed by atoms with Crippen molar-refractivity contribution in [1.82, 2.24) is 14.9 Å². The predicted molar refractivity (Wildman–Crippen MR) is 78.3 cm³/mol. The van der Waals surface area contributed by atoms with E-state index in [2.05, 4.69) is 9.97 Å². The van der Waals surface area contributed by atoms with E-state index in [-0.39, 0.29) is 11.9 Å². The van der Waals surface area contributed by atoms with E-state index in [1.807, 2.05) is 18.7 Å². The third kappa shape index (κ3) is 3.15. The summed E-state index contributed by atoms with van der Waals surface area (Å²) in [5, 5.41) is 0.